The molecule has 1 rings (SSSR count). The number of nitrogens with two attached hydrogens (primary N) is 2. The molecule has 0 unspecified atom stereocenters. The summed E-state index contributed by atoms with van der Waals surface area (Å²) in [6.45, 7) is 4.11. The lowest BCUT2D eigenvalue weighted by Gasteiger charge is -2.01. The Morgan fingerprint density at radius 2 is 1.92 bits per heavy atom. The van der Waals surface area contributed by atoms with E-state index in [0.717, 1.165) is 5.56 Å². The quantitative estimate of drug-likeness (QED) is 0.657. The first kappa shape index (κ1) is 8.65. The van der Waals surface area contributed by atoms with Crippen LogP contribution < -0.4 is 11.5 Å². The summed E-state index contributed by atoms with van der Waals surface area (Å²) in [6.07, 6.45) is 1.77. The molecule has 0 radical (unpaired) electrons. The molecule has 0 fully saturated rings. The number of aryl methyl sites for hydroxylation is 2. The largest absolute Gasteiger partial charge is 0.386 e. The maximum atomic E-state index is 5.37. The van der Waals surface area contributed by atoms with Gasteiger partial charge in [-0.1, -0.05) is 23.8 Å². The van der Waals surface area contributed by atoms with Crippen molar-refractivity contribution < 1.29 is 0 Å². The van der Waals surface area contributed by atoms with Crippen LogP contribution in [0.15, 0.2) is 24.0 Å². The van der Waals surface area contributed by atoms with Crippen molar-refractivity contribution in [2.24, 2.45) is 11.5 Å². The summed E-state index contributed by atoms with van der Waals surface area (Å²) in [7, 11) is 0. The topological polar surface area (TPSA) is 52.0 Å². The molecule has 2 heteroatoms. The Kier molecular flexibility index (Phi) is 2.38. The van der Waals surface area contributed by atoms with Crippen LogP contribution in [0.2, 0.25) is 0 Å². The Labute approximate surface area is 72.9 Å². The van der Waals surface area contributed by atoms with Crippen LogP contribution in [-0.2, 0) is 0 Å². The van der Waals surface area contributed by atoms with Gasteiger partial charge in [0.2, 0.25) is 0 Å². The number of hydrogen-bond donors (Lipinski definition) is 2. The lowest BCUT2D eigenvalue weighted by atomic mass is 10.1. The minimum absolute atomic E-state index is 0.349. The molecule has 0 atom stereocenters. The van der Waals surface area contributed by atoms with E-state index < -0.39 is 0 Å². The smallest absolute Gasteiger partial charge is 0.0939 e. The van der Waals surface area contributed by atoms with Gasteiger partial charge in [0, 0.05) is 0 Å². The Hall–Kier alpha value is -1.44. The van der Waals surface area contributed by atoms with Gasteiger partial charge >= 0.3 is 0 Å². The van der Waals surface area contributed by atoms with E-state index >= 15 is 0 Å². The standard InChI is InChI=1S/C10H14N2/c1-7-3-4-9(6-10(11)12)8(2)5-7/h3-6H,11-12H2,1-2H3. The SMILES string of the molecule is Cc1ccc(C=C(N)N)c(C)c1. The van der Waals surface area contributed by atoms with Crippen molar-refractivity contribution in [2.75, 3.05) is 0 Å². The number of hydrogen-bond acceptors (Lipinski definition) is 2. The lowest BCUT2D eigenvalue weighted by molar-refractivity contribution is 1.27. The van der Waals surface area contributed by atoms with Crippen molar-refractivity contribution in [3.8, 4) is 0 Å². The molecule has 1 aromatic rings. The number of rotatable bonds is 1. The molecule has 0 aromatic heterocycles. The van der Waals surface area contributed by atoms with Crippen LogP contribution in [-0.4, -0.2) is 0 Å². The van der Waals surface area contributed by atoms with Crippen LogP contribution in [0.4, 0.5) is 0 Å². The highest BCUT2D eigenvalue weighted by Gasteiger charge is 1.94. The van der Waals surface area contributed by atoms with Gasteiger partial charge in [-0.3, -0.25) is 0 Å². The highest BCUT2D eigenvalue weighted by Crippen LogP contribution is 2.11. The van der Waals surface area contributed by atoms with E-state index in [1.54, 1.807) is 6.08 Å². The fourth-order valence-electron chi connectivity index (χ4n) is 1.17. The molecule has 0 amide bonds. The monoisotopic (exact) mass is 162 g/mol. The zero-order valence-electron chi connectivity index (χ0n) is 7.46. The molecule has 0 aliphatic carbocycles. The molecule has 0 saturated carbocycles. The van der Waals surface area contributed by atoms with E-state index in [0.29, 0.717) is 5.82 Å². The molecule has 0 bridgehead atoms. The van der Waals surface area contributed by atoms with Crippen molar-refractivity contribution in [1.29, 1.82) is 0 Å². The lowest BCUT2D eigenvalue weighted by Crippen LogP contribution is -2.07. The van der Waals surface area contributed by atoms with Crippen molar-refractivity contribution in [3.63, 3.8) is 0 Å². The molecule has 2 nitrogen and oxygen atoms in total. The fraction of sp³-hybridized carbons (Fsp3) is 0.200. The van der Waals surface area contributed by atoms with Gasteiger partial charge in [0.15, 0.2) is 0 Å². The first-order valence-electron chi connectivity index (χ1n) is 3.89. The van der Waals surface area contributed by atoms with Gasteiger partial charge in [-0.25, -0.2) is 0 Å². The van der Waals surface area contributed by atoms with Crippen LogP contribution in [0.1, 0.15) is 16.7 Å². The molecular weight excluding hydrogens is 148 g/mol. The normalized spacial score (nSPS) is 9.50. The summed E-state index contributed by atoms with van der Waals surface area (Å²) in [5.41, 5.74) is 14.3. The second kappa shape index (κ2) is 3.30. The zero-order valence-corrected chi connectivity index (χ0v) is 7.46. The maximum absolute atomic E-state index is 5.37. The minimum atomic E-state index is 0.349. The third-order valence-electron chi connectivity index (χ3n) is 1.75. The average molecular weight is 162 g/mol. The summed E-state index contributed by atoms with van der Waals surface area (Å²) in [4.78, 5) is 0. The average Bonchev–Trinajstić information content (AvgIpc) is 1.94. The maximum Gasteiger partial charge on any atom is 0.0939 e. The van der Waals surface area contributed by atoms with E-state index in [9.17, 15) is 0 Å². The van der Waals surface area contributed by atoms with E-state index in [1.807, 2.05) is 19.1 Å². The molecule has 4 N–H and O–H groups in total. The molecule has 0 spiro atoms. The molecule has 0 aliphatic heterocycles. The van der Waals surface area contributed by atoms with Gasteiger partial charge in [-0.2, -0.15) is 0 Å². The van der Waals surface area contributed by atoms with Crippen LogP contribution in [0.5, 0.6) is 0 Å². The third-order valence-corrected chi connectivity index (χ3v) is 1.75. The molecule has 0 saturated heterocycles. The van der Waals surface area contributed by atoms with Gasteiger partial charge in [0.1, 0.15) is 0 Å². The first-order valence-corrected chi connectivity index (χ1v) is 3.89. The van der Waals surface area contributed by atoms with Gasteiger partial charge in [-0.15, -0.1) is 0 Å². The van der Waals surface area contributed by atoms with E-state index in [4.69, 9.17) is 11.5 Å². The van der Waals surface area contributed by atoms with Gasteiger partial charge in [0.25, 0.3) is 0 Å². The van der Waals surface area contributed by atoms with E-state index in [1.165, 1.54) is 11.1 Å². The second-order valence-corrected chi connectivity index (χ2v) is 3.00. The molecule has 64 valence electrons. The summed E-state index contributed by atoms with van der Waals surface area (Å²) in [5.74, 6) is 0.349. The Morgan fingerprint density at radius 1 is 1.25 bits per heavy atom. The Bertz CT molecular complexity index is 310. The van der Waals surface area contributed by atoms with Crippen LogP contribution in [0.3, 0.4) is 0 Å². The second-order valence-electron chi connectivity index (χ2n) is 3.00. The van der Waals surface area contributed by atoms with Crippen molar-refractivity contribution in [1.82, 2.24) is 0 Å². The first-order chi connectivity index (χ1) is 5.59. The molecule has 0 heterocycles. The fourth-order valence-corrected chi connectivity index (χ4v) is 1.17. The van der Waals surface area contributed by atoms with E-state index in [2.05, 4.69) is 13.0 Å². The molecule has 1 aromatic carbocycles. The van der Waals surface area contributed by atoms with Gasteiger partial charge in [0.05, 0.1) is 5.82 Å². The Balaban J connectivity index is 3.10. The predicted molar refractivity (Wildman–Crippen MR) is 52.3 cm³/mol. The van der Waals surface area contributed by atoms with Gasteiger partial charge < -0.3 is 11.5 Å². The van der Waals surface area contributed by atoms with E-state index in [-0.39, 0.29) is 0 Å². The predicted octanol–water partition coefficient (Wildman–Crippen LogP) is 1.52. The van der Waals surface area contributed by atoms with Crippen molar-refractivity contribution in [3.05, 3.63) is 40.7 Å². The van der Waals surface area contributed by atoms with Crippen molar-refractivity contribution >= 4 is 6.08 Å². The zero-order chi connectivity index (χ0) is 9.14. The number of benzene rings is 1. The van der Waals surface area contributed by atoms with Gasteiger partial charge in [-0.05, 0) is 31.1 Å². The van der Waals surface area contributed by atoms with Crippen LogP contribution in [0.25, 0.3) is 6.08 Å². The minimum Gasteiger partial charge on any atom is -0.386 e. The highest BCUT2D eigenvalue weighted by molar-refractivity contribution is 5.55. The summed E-state index contributed by atoms with van der Waals surface area (Å²) in [6, 6.07) is 6.17. The summed E-state index contributed by atoms with van der Waals surface area (Å²) < 4.78 is 0. The molecular formula is C10H14N2. The van der Waals surface area contributed by atoms with Crippen LogP contribution in [0, 0.1) is 13.8 Å². The molecule has 0 aliphatic rings. The van der Waals surface area contributed by atoms with Crippen LogP contribution >= 0.6 is 0 Å². The summed E-state index contributed by atoms with van der Waals surface area (Å²) >= 11 is 0. The highest BCUT2D eigenvalue weighted by atomic mass is 14.8. The Morgan fingerprint density at radius 3 is 2.42 bits per heavy atom. The summed E-state index contributed by atoms with van der Waals surface area (Å²) in [5, 5.41) is 0. The molecule has 12 heavy (non-hydrogen) atoms. The third kappa shape index (κ3) is 2.02. The van der Waals surface area contributed by atoms with Crippen molar-refractivity contribution in [2.45, 2.75) is 13.8 Å².